The van der Waals surface area contributed by atoms with E-state index < -0.39 is 0 Å². The number of pyridine rings is 2. The molecule has 0 unspecified atom stereocenters. The molecule has 0 aliphatic carbocycles. The van der Waals surface area contributed by atoms with Gasteiger partial charge in [0.25, 0.3) is 0 Å². The third-order valence-corrected chi connectivity index (χ3v) is 25.8. The molecule has 0 saturated heterocycles. The van der Waals surface area contributed by atoms with Crippen molar-refractivity contribution in [3.63, 3.8) is 0 Å². The second-order valence-electron chi connectivity index (χ2n) is 32.9. The van der Waals surface area contributed by atoms with Crippen molar-refractivity contribution < 1.29 is 4.42 Å². The summed E-state index contributed by atoms with van der Waals surface area (Å²) in [6, 6.07) is 172. The summed E-state index contributed by atoms with van der Waals surface area (Å²) in [6.45, 7) is 0. The Morgan fingerprint density at radius 3 is 0.890 bits per heavy atom. The number of benzene rings is 20. The number of furan rings is 1. The fraction of sp³-hybridized carbons (Fsp3) is 0. The van der Waals surface area contributed by atoms with Crippen LogP contribution in [0.15, 0.2) is 490 Å². The summed E-state index contributed by atoms with van der Waals surface area (Å²) in [5.41, 5.74) is 32.5. The maximum absolute atomic E-state index is 6.41. The van der Waals surface area contributed by atoms with Gasteiger partial charge in [0.05, 0.1) is 33.1 Å². The number of aromatic nitrogens is 2. The van der Waals surface area contributed by atoms with E-state index >= 15 is 0 Å². The molecular weight excluding hydrogens is 1540 g/mol. The van der Waals surface area contributed by atoms with E-state index in [-0.39, 0.29) is 0 Å². The molecule has 127 heavy (non-hydrogen) atoms. The maximum atomic E-state index is 6.41. The molecule has 20 aromatic carbocycles. The summed E-state index contributed by atoms with van der Waals surface area (Å²) in [6.07, 6.45) is 4.39. The van der Waals surface area contributed by atoms with Crippen molar-refractivity contribution in [2.75, 3.05) is 9.80 Å². The minimum Gasteiger partial charge on any atom is -0.456 e. The van der Waals surface area contributed by atoms with E-state index in [1.165, 1.54) is 170 Å². The van der Waals surface area contributed by atoms with E-state index in [4.69, 9.17) is 4.42 Å². The number of para-hydroxylation sites is 1. The van der Waals surface area contributed by atoms with E-state index in [0.29, 0.717) is 0 Å². The quantitative estimate of drug-likeness (QED) is 0.109. The third-order valence-electron chi connectivity index (χ3n) is 25.8. The van der Waals surface area contributed by atoms with Crippen LogP contribution < -0.4 is 9.80 Å². The Labute approximate surface area is 735 Å². The number of rotatable bonds is 14. The number of nitrogens with zero attached hydrogens (tertiary/aromatic N) is 4. The molecule has 0 bridgehead atoms. The Hall–Kier alpha value is -16.9. The summed E-state index contributed by atoms with van der Waals surface area (Å²) < 4.78 is 11.1. The van der Waals surface area contributed by atoms with Gasteiger partial charge >= 0.3 is 0 Å². The van der Waals surface area contributed by atoms with Crippen LogP contribution in [0.3, 0.4) is 0 Å². The number of hydrogen-bond donors (Lipinski definition) is 0. The van der Waals surface area contributed by atoms with E-state index in [1.54, 1.807) is 0 Å². The van der Waals surface area contributed by atoms with E-state index in [9.17, 15) is 0 Å². The van der Waals surface area contributed by atoms with Gasteiger partial charge in [0.2, 0.25) is 0 Å². The van der Waals surface area contributed by atoms with Crippen LogP contribution in [-0.2, 0) is 0 Å². The van der Waals surface area contributed by atoms with Gasteiger partial charge in [0.1, 0.15) is 11.2 Å². The first-order chi connectivity index (χ1) is 63.0. The standard InChI is InChI=1S/C62H40N2O.C60H40N2/c1-2-15-46(16-3-1)60-55-23-10-11-39-63(55)57-40-54(51-19-6-7-20-52(51)62(57)60)45-29-27-41(28-30-45)42-31-35-47(36-32-42)64(56-24-13-26-59-61(56)53-21-8-9-25-58(53)65-59)48-37-33-44(34-38-48)50-22-12-17-43-14-4-5-18-49(43)50;1-2-16-46(17-3-1)59-57-26-10-11-39-61(57)58-40-56(54-22-8-9-23-55(54)60(58)59)45-31-37-49(38-32-45)62(47-33-27-43(28-34-47)52-24-12-18-41-14-4-6-20-50(41)52)48-35-29-44(30-36-48)53-25-13-19-42-15-5-7-21-51(42)53/h1-40H;1-40H. The Morgan fingerprint density at radius 1 is 0.173 bits per heavy atom. The Bertz CT molecular complexity index is 8390. The minimum atomic E-state index is 0.867. The molecule has 25 aromatic rings. The second-order valence-corrected chi connectivity index (χ2v) is 32.9. The molecule has 5 heteroatoms. The molecule has 594 valence electrons. The Balaban J connectivity index is 0.000000142. The predicted molar refractivity (Wildman–Crippen MR) is 537 cm³/mol. The van der Waals surface area contributed by atoms with Crippen LogP contribution in [0.25, 0.3) is 198 Å². The lowest BCUT2D eigenvalue weighted by molar-refractivity contribution is 0.669. The second kappa shape index (κ2) is 31.2. The zero-order valence-electron chi connectivity index (χ0n) is 69.4. The van der Waals surface area contributed by atoms with Crippen LogP contribution in [0, 0.1) is 0 Å². The SMILES string of the molecule is c1ccc(-c2c3c4ccccc4c(-c4ccc(-c5ccc(N(c6ccc(-c7cccc8ccccc78)cc6)c6cccc7oc8ccccc8c67)cc5)cc4)cc3n3ccccc23)cc1.c1ccc(-c2c3c4ccccc4c(-c4ccc(N(c5ccc(-c6cccc7ccccc67)cc5)c5ccc(-c6cccc7ccccc67)cc5)cc4)cc3n3ccccc23)cc1. The van der Waals surface area contributed by atoms with Crippen LogP contribution in [0.1, 0.15) is 0 Å². The van der Waals surface area contributed by atoms with Crippen LogP contribution in [0.2, 0.25) is 0 Å². The summed E-state index contributed by atoms with van der Waals surface area (Å²) in [4.78, 5) is 4.73. The Morgan fingerprint density at radius 2 is 0.472 bits per heavy atom. The van der Waals surface area contributed by atoms with Gasteiger partial charge in [0, 0.05) is 68.1 Å². The van der Waals surface area contributed by atoms with Gasteiger partial charge in [-0.1, -0.05) is 358 Å². The van der Waals surface area contributed by atoms with Crippen LogP contribution in [0.4, 0.5) is 34.1 Å². The van der Waals surface area contributed by atoms with Gasteiger partial charge in [-0.15, -0.1) is 0 Å². The molecule has 0 spiro atoms. The van der Waals surface area contributed by atoms with Crippen LogP contribution in [0.5, 0.6) is 0 Å². The first kappa shape index (κ1) is 74.0. The van der Waals surface area contributed by atoms with Gasteiger partial charge in [-0.2, -0.15) is 0 Å². The average molecular weight is 1620 g/mol. The normalized spacial score (nSPS) is 11.6. The van der Waals surface area contributed by atoms with Gasteiger partial charge < -0.3 is 23.0 Å². The topological polar surface area (TPSA) is 28.4 Å². The Kier molecular flexibility index (Phi) is 18.2. The lowest BCUT2D eigenvalue weighted by Crippen LogP contribution is -2.10. The predicted octanol–water partition coefficient (Wildman–Crippen LogP) is 34.1. The molecule has 0 aliphatic heterocycles. The molecule has 0 amide bonds. The molecular formula is C122H80N4O. The zero-order chi connectivity index (χ0) is 83.8. The van der Waals surface area contributed by atoms with E-state index in [0.717, 1.165) is 61.6 Å². The lowest BCUT2D eigenvalue weighted by atomic mass is 9.92. The van der Waals surface area contributed by atoms with Crippen molar-refractivity contribution in [2.24, 2.45) is 0 Å². The molecule has 25 rings (SSSR count). The van der Waals surface area contributed by atoms with Crippen molar-refractivity contribution in [1.29, 1.82) is 0 Å². The first-order valence-corrected chi connectivity index (χ1v) is 43.6. The van der Waals surface area contributed by atoms with Gasteiger partial charge in [-0.05, 0) is 247 Å². The average Bonchev–Trinajstić information content (AvgIpc) is 1.57. The fourth-order valence-corrected chi connectivity index (χ4v) is 19.9. The van der Waals surface area contributed by atoms with Crippen LogP contribution in [-0.4, -0.2) is 8.80 Å². The lowest BCUT2D eigenvalue weighted by Gasteiger charge is -2.26. The van der Waals surface area contributed by atoms with Crippen molar-refractivity contribution in [3.8, 4) is 89.0 Å². The summed E-state index contributed by atoms with van der Waals surface area (Å²) >= 11 is 0. The van der Waals surface area contributed by atoms with Crippen molar-refractivity contribution in [3.05, 3.63) is 486 Å². The van der Waals surface area contributed by atoms with Crippen molar-refractivity contribution in [1.82, 2.24) is 8.80 Å². The molecule has 0 radical (unpaired) electrons. The first-order valence-electron chi connectivity index (χ1n) is 43.6. The molecule has 0 fully saturated rings. The molecule has 5 heterocycles. The molecule has 0 atom stereocenters. The smallest absolute Gasteiger partial charge is 0.137 e. The molecule has 5 nitrogen and oxygen atoms in total. The van der Waals surface area contributed by atoms with E-state index in [1.807, 2.05) is 12.1 Å². The van der Waals surface area contributed by atoms with Gasteiger partial charge in [0.15, 0.2) is 0 Å². The van der Waals surface area contributed by atoms with Crippen molar-refractivity contribution in [2.45, 2.75) is 0 Å². The summed E-state index contributed by atoms with van der Waals surface area (Å²) in [7, 11) is 0. The highest BCUT2D eigenvalue weighted by molar-refractivity contribution is 6.24. The molecule has 5 aromatic heterocycles. The molecule has 0 saturated carbocycles. The maximum Gasteiger partial charge on any atom is 0.137 e. The summed E-state index contributed by atoms with van der Waals surface area (Å²) in [5, 5.41) is 17.3. The zero-order valence-corrected chi connectivity index (χ0v) is 69.4. The van der Waals surface area contributed by atoms with Crippen LogP contribution >= 0.6 is 0 Å². The number of anilines is 6. The van der Waals surface area contributed by atoms with Gasteiger partial charge in [-0.3, -0.25) is 0 Å². The monoisotopic (exact) mass is 1620 g/mol. The van der Waals surface area contributed by atoms with Crippen molar-refractivity contribution >= 4 is 143 Å². The highest BCUT2D eigenvalue weighted by Crippen LogP contribution is 2.50. The molecule has 0 aliphatic rings. The minimum absolute atomic E-state index is 0.867. The molecule has 0 N–H and O–H groups in total. The fourth-order valence-electron chi connectivity index (χ4n) is 19.9. The third kappa shape index (κ3) is 12.9. The van der Waals surface area contributed by atoms with E-state index in [2.05, 4.69) is 492 Å². The highest BCUT2D eigenvalue weighted by Gasteiger charge is 2.25. The summed E-state index contributed by atoms with van der Waals surface area (Å²) in [5.74, 6) is 0. The van der Waals surface area contributed by atoms with Gasteiger partial charge in [-0.25, -0.2) is 0 Å². The number of hydrogen-bond acceptors (Lipinski definition) is 3. The largest absolute Gasteiger partial charge is 0.456 e. The highest BCUT2D eigenvalue weighted by atomic mass is 16.3. The number of fused-ring (bicyclic) bond motifs is 16.